The van der Waals surface area contributed by atoms with Crippen LogP contribution in [0, 0.1) is 11.3 Å². The Kier molecular flexibility index (Phi) is 8.94. The van der Waals surface area contributed by atoms with Crippen LogP contribution in [0.4, 0.5) is 0 Å². The largest absolute Gasteiger partial charge is 0.459 e. The molecule has 3 atom stereocenters. The number of benzene rings is 2. The van der Waals surface area contributed by atoms with Crippen LogP contribution in [0.5, 0.6) is 0 Å². The molecule has 6 N–H and O–H groups in total. The fraction of sp³-hybridized carbons (Fsp3) is 0.481. The van der Waals surface area contributed by atoms with E-state index in [0.29, 0.717) is 24.8 Å². The van der Waals surface area contributed by atoms with Crippen LogP contribution in [0.2, 0.25) is 0 Å². The van der Waals surface area contributed by atoms with E-state index < -0.39 is 52.4 Å². The maximum atomic E-state index is 13.8. The first-order chi connectivity index (χ1) is 18.9. The van der Waals surface area contributed by atoms with Crippen molar-refractivity contribution in [1.82, 2.24) is 14.5 Å². The number of carbonyl (C=O) groups excluding carboxylic acids is 3. The highest BCUT2D eigenvalue weighted by molar-refractivity contribution is 7.89. The number of esters is 1. The zero-order chi connectivity index (χ0) is 29.0. The number of amides is 2. The fourth-order valence-electron chi connectivity index (χ4n) is 4.83. The van der Waals surface area contributed by atoms with Crippen LogP contribution in [0.25, 0.3) is 10.8 Å². The molecule has 0 radical (unpaired) electrons. The number of rotatable bonds is 11. The van der Waals surface area contributed by atoms with Gasteiger partial charge in [0.05, 0.1) is 17.9 Å². The number of nitrogens with one attached hydrogen (secondary N) is 2. The molecule has 2 aromatic rings. The van der Waals surface area contributed by atoms with Crippen LogP contribution in [0.15, 0.2) is 47.4 Å². The summed E-state index contributed by atoms with van der Waals surface area (Å²) in [7, 11) is -4.23. The lowest BCUT2D eigenvalue weighted by Gasteiger charge is -2.35. The molecule has 1 saturated heterocycles. The molecule has 12 nitrogen and oxygen atoms in total. The molecule has 1 aliphatic heterocycles. The number of sulfonamides is 1. The van der Waals surface area contributed by atoms with E-state index in [1.165, 1.54) is 24.0 Å². The van der Waals surface area contributed by atoms with Crippen molar-refractivity contribution in [3.63, 3.8) is 0 Å². The molecule has 216 valence electrons. The molecule has 0 bridgehead atoms. The van der Waals surface area contributed by atoms with Gasteiger partial charge in [-0.3, -0.25) is 15.0 Å². The van der Waals surface area contributed by atoms with Gasteiger partial charge >= 0.3 is 5.97 Å². The summed E-state index contributed by atoms with van der Waals surface area (Å²) in [6.07, 6.45) is 1.93. The Labute approximate surface area is 233 Å². The number of primary amides is 1. The number of carbonyl (C=O) groups is 3. The molecule has 4 rings (SSSR count). The molecular weight excluding hydrogens is 536 g/mol. The average Bonchev–Trinajstić information content (AvgIpc) is 3.74. The summed E-state index contributed by atoms with van der Waals surface area (Å²) >= 11 is 0. The molecule has 2 aliphatic rings. The first kappa shape index (κ1) is 29.3. The van der Waals surface area contributed by atoms with Gasteiger partial charge in [0.25, 0.3) is 0 Å². The highest BCUT2D eigenvalue weighted by Gasteiger charge is 2.39. The van der Waals surface area contributed by atoms with Crippen molar-refractivity contribution in [2.24, 2.45) is 17.4 Å². The normalized spacial score (nSPS) is 19.0. The van der Waals surface area contributed by atoms with Crippen molar-refractivity contribution in [3.05, 3.63) is 42.5 Å². The molecule has 1 heterocycles. The summed E-state index contributed by atoms with van der Waals surface area (Å²) < 4.78 is 34.7. The number of fused-ring (bicyclic) bond motifs is 1. The molecule has 13 heteroatoms. The van der Waals surface area contributed by atoms with E-state index >= 15 is 0 Å². The monoisotopic (exact) mass is 572 g/mol. The molecule has 2 aromatic carbocycles. The molecule has 2 amide bonds. The van der Waals surface area contributed by atoms with Crippen LogP contribution in [-0.4, -0.2) is 79.8 Å². The topological polar surface area (TPSA) is 189 Å². The number of guanidine groups is 1. The van der Waals surface area contributed by atoms with Crippen molar-refractivity contribution in [2.75, 3.05) is 19.6 Å². The average molecular weight is 573 g/mol. The molecular formula is C27H36N6O6S. The summed E-state index contributed by atoms with van der Waals surface area (Å²) in [5, 5.41) is 9.19. The predicted octanol–water partition coefficient (Wildman–Crippen LogP) is 0.890. The van der Waals surface area contributed by atoms with Crippen molar-refractivity contribution in [2.45, 2.75) is 62.1 Å². The minimum absolute atomic E-state index is 0.0676. The number of hydrogen-bond acceptors (Lipinski definition) is 7. The summed E-state index contributed by atoms with van der Waals surface area (Å²) in [4.78, 5) is 41.7. The molecule has 40 heavy (non-hydrogen) atoms. The Balaban J connectivity index is 1.53. The molecule has 1 unspecified atom stereocenters. The minimum Gasteiger partial charge on any atom is -0.459 e. The number of hydrogen-bond donors (Lipinski definition) is 4. The molecule has 0 spiro atoms. The first-order valence-corrected chi connectivity index (χ1v) is 14.8. The Morgan fingerprint density at radius 2 is 1.82 bits per heavy atom. The van der Waals surface area contributed by atoms with Gasteiger partial charge in [-0.1, -0.05) is 30.3 Å². The van der Waals surface area contributed by atoms with Gasteiger partial charge in [0.15, 0.2) is 5.96 Å². The molecule has 2 fully saturated rings. The second-order valence-corrected chi connectivity index (χ2v) is 12.2. The number of piperidine rings is 1. The van der Waals surface area contributed by atoms with Gasteiger partial charge in [0, 0.05) is 13.1 Å². The van der Waals surface area contributed by atoms with E-state index in [-0.39, 0.29) is 29.9 Å². The van der Waals surface area contributed by atoms with Crippen molar-refractivity contribution in [3.8, 4) is 0 Å². The third-order valence-corrected chi connectivity index (χ3v) is 8.75. The van der Waals surface area contributed by atoms with Gasteiger partial charge in [0.2, 0.25) is 21.8 Å². The third kappa shape index (κ3) is 7.27. The number of ether oxygens (including phenoxy) is 1. The van der Waals surface area contributed by atoms with Crippen molar-refractivity contribution in [1.29, 1.82) is 5.41 Å². The Bertz CT molecular complexity index is 1390. The van der Waals surface area contributed by atoms with Gasteiger partial charge in [-0.15, -0.1) is 0 Å². The van der Waals surface area contributed by atoms with Crippen LogP contribution in [0.1, 0.15) is 39.0 Å². The van der Waals surface area contributed by atoms with Crippen LogP contribution in [-0.2, 0) is 29.1 Å². The van der Waals surface area contributed by atoms with Gasteiger partial charge in [-0.05, 0) is 61.4 Å². The zero-order valence-electron chi connectivity index (χ0n) is 22.4. The minimum atomic E-state index is -4.23. The van der Waals surface area contributed by atoms with Crippen LogP contribution in [0.3, 0.4) is 0 Å². The third-order valence-electron chi connectivity index (χ3n) is 7.28. The number of nitrogens with two attached hydrogens (primary N) is 2. The standard InChI is InChI=1S/C27H36N6O6S/c1-17(26(36)39-21-7-4-12-32(16-21)27(29)30)33(15-18-8-9-18)25(35)23(14-24(28)34)31-40(37,38)22-11-10-19-5-2-3-6-20(19)13-22/h2-3,5-6,10-11,13,17-18,21,23,31H,4,7-9,12,14-16H2,1H3,(H2,28,34)(H3,29,30)/t17?,21-,23-/m0/s1. The SMILES string of the molecule is CC(C(=O)O[C@H]1CCCN(C(=N)N)C1)N(CC1CC1)C(=O)[C@H](CC(N)=O)NS(=O)(=O)c1ccc2ccccc2c1. The van der Waals surface area contributed by atoms with Crippen LogP contribution < -0.4 is 16.2 Å². The summed E-state index contributed by atoms with van der Waals surface area (Å²) in [5.41, 5.74) is 11.0. The lowest BCUT2D eigenvalue weighted by Crippen LogP contribution is -2.55. The highest BCUT2D eigenvalue weighted by atomic mass is 32.2. The number of likely N-dealkylation sites (tertiary alicyclic amines) is 1. The smallest absolute Gasteiger partial charge is 0.328 e. The Morgan fingerprint density at radius 1 is 1.12 bits per heavy atom. The van der Waals surface area contributed by atoms with Crippen molar-refractivity contribution < 1.29 is 27.5 Å². The maximum absolute atomic E-state index is 13.8. The van der Waals surface area contributed by atoms with Crippen LogP contribution >= 0.6 is 0 Å². The van der Waals surface area contributed by atoms with Gasteiger partial charge in [-0.2, -0.15) is 4.72 Å². The summed E-state index contributed by atoms with van der Waals surface area (Å²) in [6, 6.07) is 9.26. The lowest BCUT2D eigenvalue weighted by molar-refractivity contribution is -0.161. The lowest BCUT2D eigenvalue weighted by atomic mass is 10.1. The Hall–Kier alpha value is -3.71. The summed E-state index contributed by atoms with van der Waals surface area (Å²) in [5.74, 6) is -2.19. The second-order valence-electron chi connectivity index (χ2n) is 10.5. The van der Waals surface area contributed by atoms with E-state index in [1.807, 2.05) is 12.1 Å². The van der Waals surface area contributed by atoms with Gasteiger partial charge in [-0.25, -0.2) is 13.2 Å². The first-order valence-electron chi connectivity index (χ1n) is 13.3. The quantitative estimate of drug-likeness (QED) is 0.173. The number of nitrogens with zero attached hydrogens (tertiary/aromatic N) is 2. The molecule has 0 aromatic heterocycles. The van der Waals surface area contributed by atoms with E-state index in [9.17, 15) is 22.8 Å². The van der Waals surface area contributed by atoms with Gasteiger partial charge < -0.3 is 26.0 Å². The predicted molar refractivity (Wildman–Crippen MR) is 148 cm³/mol. The maximum Gasteiger partial charge on any atom is 0.328 e. The highest BCUT2D eigenvalue weighted by Crippen LogP contribution is 2.31. The van der Waals surface area contributed by atoms with E-state index in [2.05, 4.69) is 4.72 Å². The molecule has 1 saturated carbocycles. The zero-order valence-corrected chi connectivity index (χ0v) is 23.2. The Morgan fingerprint density at radius 3 is 2.48 bits per heavy atom. The van der Waals surface area contributed by atoms with E-state index in [4.69, 9.17) is 21.6 Å². The van der Waals surface area contributed by atoms with Gasteiger partial charge in [0.1, 0.15) is 18.2 Å². The van der Waals surface area contributed by atoms with Crippen molar-refractivity contribution >= 4 is 44.5 Å². The van der Waals surface area contributed by atoms with E-state index in [1.54, 1.807) is 23.1 Å². The summed E-state index contributed by atoms with van der Waals surface area (Å²) in [6.45, 7) is 2.61. The van der Waals surface area contributed by atoms with E-state index in [0.717, 1.165) is 18.2 Å². The second kappa shape index (κ2) is 12.2. The molecule has 1 aliphatic carbocycles. The fourth-order valence-corrected chi connectivity index (χ4v) is 6.06.